The van der Waals surface area contributed by atoms with Crippen molar-refractivity contribution in [3.05, 3.63) is 52.0 Å². The second-order valence-electron chi connectivity index (χ2n) is 6.36. The van der Waals surface area contributed by atoms with Gasteiger partial charge in [-0.3, -0.25) is 5.01 Å². The minimum absolute atomic E-state index is 0.347. The van der Waals surface area contributed by atoms with Crippen molar-refractivity contribution in [3.8, 4) is 5.75 Å². The van der Waals surface area contributed by atoms with Gasteiger partial charge in [0.1, 0.15) is 5.75 Å². The average molecular weight is 407 g/mol. The van der Waals surface area contributed by atoms with Crippen molar-refractivity contribution in [3.63, 3.8) is 0 Å². The first kappa shape index (κ1) is 19.2. The molecule has 0 atom stereocenters. The Morgan fingerprint density at radius 2 is 2.12 bits per heavy atom. The van der Waals surface area contributed by atoms with E-state index in [9.17, 15) is 4.79 Å². The summed E-state index contributed by atoms with van der Waals surface area (Å²) in [5.41, 5.74) is 1.18. The zero-order chi connectivity index (χ0) is 18.4. The summed E-state index contributed by atoms with van der Waals surface area (Å²) >= 11 is 3.49. The molecule has 0 amide bonds. The van der Waals surface area contributed by atoms with Crippen LogP contribution in [0.5, 0.6) is 5.75 Å². The van der Waals surface area contributed by atoms with Gasteiger partial charge >= 0.3 is 5.97 Å². The molecule has 1 aliphatic rings. The predicted molar refractivity (Wildman–Crippen MR) is 103 cm³/mol. The van der Waals surface area contributed by atoms with E-state index in [1.807, 2.05) is 55.4 Å². The highest BCUT2D eigenvalue weighted by molar-refractivity contribution is 9.10. The molecule has 0 aromatic heterocycles. The fraction of sp³-hybridized carbons (Fsp3) is 0.368. The van der Waals surface area contributed by atoms with Crippen LogP contribution in [0.3, 0.4) is 0 Å². The van der Waals surface area contributed by atoms with E-state index in [2.05, 4.69) is 21.0 Å². The number of hydrazone groups is 1. The number of hydrogen-bond acceptors (Lipinski definition) is 5. The molecule has 5 nitrogen and oxygen atoms in total. The number of ether oxygens (including phenoxy) is 2. The molecule has 134 valence electrons. The van der Waals surface area contributed by atoms with Crippen LogP contribution in [-0.2, 0) is 16.1 Å². The summed E-state index contributed by atoms with van der Waals surface area (Å²) < 4.78 is 11.3. The minimum Gasteiger partial charge on any atom is -0.496 e. The van der Waals surface area contributed by atoms with Gasteiger partial charge < -0.3 is 9.47 Å². The van der Waals surface area contributed by atoms with E-state index < -0.39 is 0 Å². The zero-order valence-corrected chi connectivity index (χ0v) is 16.5. The standard InChI is InChI=1S/C19H23BrN2O3/c1-19(2)11-14(18(23)25-4)6-5-9-22(21-13-19)12-15-10-16(20)7-8-17(15)24-3/h5-8,10-11,13H,9,12H2,1-4H3/b6-5-,14-11+,21-13-. The molecule has 6 heteroatoms. The summed E-state index contributed by atoms with van der Waals surface area (Å²) in [6.45, 7) is 5.15. The van der Waals surface area contributed by atoms with Crippen molar-refractivity contribution in [2.24, 2.45) is 10.5 Å². The van der Waals surface area contributed by atoms with Gasteiger partial charge in [-0.2, -0.15) is 5.10 Å². The Morgan fingerprint density at radius 1 is 1.36 bits per heavy atom. The van der Waals surface area contributed by atoms with Crippen LogP contribution in [0.25, 0.3) is 0 Å². The third-order valence-electron chi connectivity index (χ3n) is 3.71. The lowest BCUT2D eigenvalue weighted by Crippen LogP contribution is -2.20. The SMILES string of the molecule is COC(=O)C1=C/C(C)(C)/C=N\N(Cc2cc(Br)ccc2OC)C/C=C\1. The van der Waals surface area contributed by atoms with Crippen molar-refractivity contribution in [1.82, 2.24) is 5.01 Å². The highest BCUT2D eigenvalue weighted by Gasteiger charge is 2.18. The van der Waals surface area contributed by atoms with E-state index in [4.69, 9.17) is 9.47 Å². The molecule has 1 aromatic carbocycles. The van der Waals surface area contributed by atoms with Crippen LogP contribution in [0.15, 0.2) is 51.6 Å². The molecule has 2 rings (SSSR count). The molecule has 0 spiro atoms. The normalized spacial score (nSPS) is 21.2. The van der Waals surface area contributed by atoms with Crippen LogP contribution >= 0.6 is 15.9 Å². The first-order valence-electron chi connectivity index (χ1n) is 7.95. The molecule has 0 saturated heterocycles. The Bertz CT molecular complexity index is 723. The molecular formula is C19H23BrN2O3. The number of methoxy groups -OCH3 is 2. The maximum atomic E-state index is 11.9. The number of carbonyl (C=O) groups is 1. The first-order valence-corrected chi connectivity index (χ1v) is 8.74. The molecule has 0 fully saturated rings. The molecule has 0 radical (unpaired) electrons. The van der Waals surface area contributed by atoms with Crippen LogP contribution in [0.4, 0.5) is 0 Å². The molecule has 1 aliphatic heterocycles. The fourth-order valence-corrected chi connectivity index (χ4v) is 2.89. The molecule has 0 N–H and O–H groups in total. The molecule has 1 heterocycles. The van der Waals surface area contributed by atoms with Crippen LogP contribution in [0.1, 0.15) is 19.4 Å². The Labute approximate surface area is 157 Å². The van der Waals surface area contributed by atoms with Crippen molar-refractivity contribution in [2.75, 3.05) is 20.8 Å². The second-order valence-corrected chi connectivity index (χ2v) is 7.28. The van der Waals surface area contributed by atoms with E-state index in [0.29, 0.717) is 18.7 Å². The molecule has 0 saturated carbocycles. The summed E-state index contributed by atoms with van der Waals surface area (Å²) in [6, 6.07) is 5.89. The molecule has 0 bridgehead atoms. The summed E-state index contributed by atoms with van der Waals surface area (Å²) in [4.78, 5) is 11.9. The summed E-state index contributed by atoms with van der Waals surface area (Å²) in [6.07, 6.45) is 7.40. The molecule has 0 aliphatic carbocycles. The number of halogens is 1. The molecule has 25 heavy (non-hydrogen) atoms. The lowest BCUT2D eigenvalue weighted by molar-refractivity contribution is -0.135. The van der Waals surface area contributed by atoms with Gasteiger partial charge in [0.05, 0.1) is 32.9 Å². The predicted octanol–water partition coefficient (Wildman–Crippen LogP) is 3.94. The monoisotopic (exact) mass is 406 g/mol. The lowest BCUT2D eigenvalue weighted by atomic mass is 9.92. The van der Waals surface area contributed by atoms with E-state index in [1.54, 1.807) is 13.2 Å². The van der Waals surface area contributed by atoms with Gasteiger partial charge in [0.25, 0.3) is 0 Å². The van der Waals surface area contributed by atoms with E-state index in [-0.39, 0.29) is 11.4 Å². The Kier molecular flexibility index (Phi) is 6.42. The number of esters is 1. The summed E-state index contributed by atoms with van der Waals surface area (Å²) in [5, 5.41) is 6.53. The highest BCUT2D eigenvalue weighted by atomic mass is 79.9. The van der Waals surface area contributed by atoms with Gasteiger partial charge in [-0.15, -0.1) is 0 Å². The second kappa shape index (κ2) is 8.34. The number of hydrogen-bond donors (Lipinski definition) is 0. The van der Waals surface area contributed by atoms with Crippen LogP contribution in [0, 0.1) is 5.41 Å². The molecule has 0 unspecified atom stereocenters. The molecule has 1 aromatic rings. The highest BCUT2D eigenvalue weighted by Crippen LogP contribution is 2.25. The molecular weight excluding hydrogens is 384 g/mol. The van der Waals surface area contributed by atoms with Gasteiger partial charge in [0.2, 0.25) is 0 Å². The first-order chi connectivity index (χ1) is 11.8. The van der Waals surface area contributed by atoms with Crippen LogP contribution < -0.4 is 4.74 Å². The van der Waals surface area contributed by atoms with Gasteiger partial charge in [-0.05, 0) is 18.2 Å². The van der Waals surface area contributed by atoms with Gasteiger partial charge in [-0.1, -0.05) is 48.0 Å². The van der Waals surface area contributed by atoms with Crippen LogP contribution in [0.2, 0.25) is 0 Å². The number of benzene rings is 1. The third-order valence-corrected chi connectivity index (χ3v) is 4.20. The number of rotatable bonds is 4. The van der Waals surface area contributed by atoms with E-state index in [1.165, 1.54) is 7.11 Å². The Hall–Kier alpha value is -2.08. The Morgan fingerprint density at radius 3 is 2.80 bits per heavy atom. The number of carbonyl (C=O) groups excluding carboxylic acids is 1. The maximum absolute atomic E-state index is 11.9. The minimum atomic E-state index is -0.377. The topological polar surface area (TPSA) is 51.1 Å². The van der Waals surface area contributed by atoms with Gasteiger partial charge in [0.15, 0.2) is 0 Å². The summed E-state index contributed by atoms with van der Waals surface area (Å²) in [7, 11) is 3.04. The number of allylic oxidation sites excluding steroid dienone is 1. The average Bonchev–Trinajstić information content (AvgIpc) is 2.64. The quantitative estimate of drug-likeness (QED) is 0.710. The van der Waals surface area contributed by atoms with Crippen LogP contribution in [-0.4, -0.2) is 38.0 Å². The summed E-state index contributed by atoms with van der Waals surface area (Å²) in [5.74, 6) is 0.467. The van der Waals surface area contributed by atoms with Gasteiger partial charge in [-0.25, -0.2) is 4.79 Å². The van der Waals surface area contributed by atoms with Crippen molar-refractivity contribution < 1.29 is 14.3 Å². The van der Waals surface area contributed by atoms with Crippen molar-refractivity contribution in [1.29, 1.82) is 0 Å². The maximum Gasteiger partial charge on any atom is 0.337 e. The third kappa shape index (κ3) is 5.46. The van der Waals surface area contributed by atoms with Gasteiger partial charge in [0, 0.05) is 21.7 Å². The van der Waals surface area contributed by atoms with Crippen molar-refractivity contribution in [2.45, 2.75) is 20.4 Å². The van der Waals surface area contributed by atoms with Crippen molar-refractivity contribution >= 4 is 28.1 Å². The lowest BCUT2D eigenvalue weighted by Gasteiger charge is -2.21. The number of nitrogens with zero attached hydrogens (tertiary/aromatic N) is 2. The van der Waals surface area contributed by atoms with E-state index in [0.717, 1.165) is 15.8 Å². The fourth-order valence-electron chi connectivity index (χ4n) is 2.48. The van der Waals surface area contributed by atoms with E-state index >= 15 is 0 Å². The largest absolute Gasteiger partial charge is 0.496 e. The zero-order valence-electron chi connectivity index (χ0n) is 15.0. The smallest absolute Gasteiger partial charge is 0.337 e. The Balaban J connectivity index is 2.27.